The maximum absolute atomic E-state index is 13.4. The number of fused-ring (bicyclic) bond motifs is 1. The van der Waals surface area contributed by atoms with E-state index >= 15 is 0 Å². The Kier molecular flexibility index (Phi) is 5.52. The highest BCUT2D eigenvalue weighted by Crippen LogP contribution is 2.24. The summed E-state index contributed by atoms with van der Waals surface area (Å²) in [6.45, 7) is 2.14. The van der Waals surface area contributed by atoms with Gasteiger partial charge in [-0.1, -0.05) is 48.0 Å². The molecular formula is C22H18ClN7O. The number of hydrogen-bond donors (Lipinski definition) is 2. The number of nitrogen functional groups attached to an aromatic ring is 1. The molecule has 2 aromatic carbocycles. The lowest BCUT2D eigenvalue weighted by Crippen LogP contribution is -2.29. The molecule has 0 amide bonds. The summed E-state index contributed by atoms with van der Waals surface area (Å²) < 4.78 is 1.58. The average Bonchev–Trinajstić information content (AvgIpc) is 2.76. The molecule has 0 radical (unpaired) electrons. The van der Waals surface area contributed by atoms with E-state index < -0.39 is 6.04 Å². The third-order valence-electron chi connectivity index (χ3n) is 4.81. The third kappa shape index (κ3) is 4.04. The minimum atomic E-state index is -0.471. The largest absolute Gasteiger partial charge is 0.368 e. The summed E-state index contributed by atoms with van der Waals surface area (Å²) >= 11 is 6.32. The molecule has 0 aliphatic carbocycles. The lowest BCUT2D eigenvalue weighted by molar-refractivity contribution is 0.639. The van der Waals surface area contributed by atoms with Crippen molar-refractivity contribution < 1.29 is 0 Å². The summed E-state index contributed by atoms with van der Waals surface area (Å²) in [7, 11) is 0. The number of aromatic nitrogens is 4. The molecule has 0 fully saturated rings. The van der Waals surface area contributed by atoms with Crippen LogP contribution < -0.4 is 16.6 Å². The van der Waals surface area contributed by atoms with Crippen LogP contribution in [0.2, 0.25) is 5.02 Å². The van der Waals surface area contributed by atoms with Crippen LogP contribution in [0.5, 0.6) is 0 Å². The molecule has 31 heavy (non-hydrogen) atoms. The Bertz CT molecular complexity index is 1360. The van der Waals surface area contributed by atoms with Crippen LogP contribution in [-0.4, -0.2) is 19.5 Å². The van der Waals surface area contributed by atoms with Gasteiger partial charge in [0.15, 0.2) is 0 Å². The highest BCUT2D eigenvalue weighted by Gasteiger charge is 2.20. The fraction of sp³-hybridized carbons (Fsp3) is 0.136. The van der Waals surface area contributed by atoms with Crippen LogP contribution in [0.4, 0.5) is 11.8 Å². The molecule has 4 rings (SSSR count). The van der Waals surface area contributed by atoms with Crippen molar-refractivity contribution in [2.45, 2.75) is 19.5 Å². The zero-order chi connectivity index (χ0) is 22.0. The molecule has 2 heterocycles. The first kappa shape index (κ1) is 20.3. The van der Waals surface area contributed by atoms with Crippen LogP contribution in [0.1, 0.15) is 29.9 Å². The lowest BCUT2D eigenvalue weighted by atomic mass is 10.1. The Balaban J connectivity index is 1.86. The van der Waals surface area contributed by atoms with Crippen LogP contribution in [0.3, 0.4) is 0 Å². The van der Waals surface area contributed by atoms with Crippen LogP contribution in [0.15, 0.2) is 59.5 Å². The molecule has 3 N–H and O–H groups in total. The molecule has 0 spiro atoms. The molecule has 0 saturated heterocycles. The molecule has 2 aromatic heterocycles. The van der Waals surface area contributed by atoms with Gasteiger partial charge in [0.25, 0.3) is 5.56 Å². The molecule has 8 nitrogen and oxygen atoms in total. The summed E-state index contributed by atoms with van der Waals surface area (Å²) in [6.07, 6.45) is 1.35. The van der Waals surface area contributed by atoms with E-state index in [0.29, 0.717) is 28.3 Å². The summed E-state index contributed by atoms with van der Waals surface area (Å²) in [5.74, 6) is 0.785. The monoisotopic (exact) mass is 431 g/mol. The number of nitrogens with one attached hydrogen (secondary N) is 1. The Morgan fingerprint density at radius 2 is 1.97 bits per heavy atom. The van der Waals surface area contributed by atoms with Crippen molar-refractivity contribution in [1.82, 2.24) is 19.5 Å². The molecule has 0 bridgehead atoms. The van der Waals surface area contributed by atoms with E-state index in [4.69, 9.17) is 22.3 Å². The Labute approximate surface area is 183 Å². The van der Waals surface area contributed by atoms with Crippen molar-refractivity contribution in [2.24, 2.45) is 0 Å². The quantitative estimate of drug-likeness (QED) is 0.495. The minimum Gasteiger partial charge on any atom is -0.368 e. The Morgan fingerprint density at radius 1 is 1.19 bits per heavy atom. The first-order valence-electron chi connectivity index (χ1n) is 9.50. The summed E-state index contributed by atoms with van der Waals surface area (Å²) in [5, 5.41) is 13.2. The minimum absolute atomic E-state index is 0.0358. The maximum atomic E-state index is 13.4. The smallest absolute Gasteiger partial charge is 0.263 e. The summed E-state index contributed by atoms with van der Waals surface area (Å²) in [6, 6.07) is 16.3. The predicted molar refractivity (Wildman–Crippen MR) is 120 cm³/mol. The molecule has 1 unspecified atom stereocenters. The normalized spacial score (nSPS) is 11.8. The zero-order valence-corrected chi connectivity index (χ0v) is 17.3. The van der Waals surface area contributed by atoms with Gasteiger partial charge in [-0.3, -0.25) is 9.36 Å². The van der Waals surface area contributed by atoms with Crippen molar-refractivity contribution in [3.8, 4) is 6.07 Å². The van der Waals surface area contributed by atoms with Crippen molar-refractivity contribution in [3.05, 3.63) is 87.1 Å². The zero-order valence-electron chi connectivity index (χ0n) is 16.6. The average molecular weight is 432 g/mol. The van der Waals surface area contributed by atoms with E-state index in [1.54, 1.807) is 22.8 Å². The Morgan fingerprint density at radius 3 is 2.71 bits per heavy atom. The Hall–Kier alpha value is -3.96. The number of hydrogen-bond acceptors (Lipinski definition) is 7. The number of nitrogens with zero attached hydrogens (tertiary/aromatic N) is 5. The van der Waals surface area contributed by atoms with Crippen molar-refractivity contribution in [1.29, 1.82) is 5.26 Å². The van der Waals surface area contributed by atoms with Gasteiger partial charge >= 0.3 is 0 Å². The van der Waals surface area contributed by atoms with E-state index in [2.05, 4.69) is 15.3 Å². The lowest BCUT2D eigenvalue weighted by Gasteiger charge is -2.20. The van der Waals surface area contributed by atoms with Gasteiger partial charge in [0.2, 0.25) is 5.95 Å². The fourth-order valence-corrected chi connectivity index (χ4v) is 3.60. The van der Waals surface area contributed by atoms with E-state index in [0.717, 1.165) is 5.56 Å². The molecule has 1 atom stereocenters. The van der Waals surface area contributed by atoms with Crippen LogP contribution >= 0.6 is 11.6 Å². The number of benzene rings is 2. The number of rotatable bonds is 5. The molecule has 154 valence electrons. The van der Waals surface area contributed by atoms with Gasteiger partial charge in [-0.05, 0) is 24.6 Å². The first-order valence-corrected chi connectivity index (χ1v) is 9.87. The number of anilines is 2. The number of nitrogens with two attached hydrogens (primary N) is 1. The van der Waals surface area contributed by atoms with Gasteiger partial charge in [0.1, 0.15) is 23.3 Å². The van der Waals surface area contributed by atoms with E-state index in [1.807, 2.05) is 43.3 Å². The van der Waals surface area contributed by atoms with Crippen LogP contribution in [0.25, 0.3) is 10.9 Å². The van der Waals surface area contributed by atoms with Gasteiger partial charge in [0.05, 0.1) is 34.7 Å². The number of nitriles is 1. The van der Waals surface area contributed by atoms with E-state index in [1.165, 1.54) is 6.20 Å². The molecule has 9 heteroatoms. The molecule has 0 aliphatic heterocycles. The molecular weight excluding hydrogens is 414 g/mol. The van der Waals surface area contributed by atoms with Gasteiger partial charge in [-0.15, -0.1) is 0 Å². The third-order valence-corrected chi connectivity index (χ3v) is 5.13. The van der Waals surface area contributed by atoms with Gasteiger partial charge < -0.3 is 11.1 Å². The molecule has 4 aromatic rings. The van der Waals surface area contributed by atoms with Gasteiger partial charge in [-0.2, -0.15) is 10.2 Å². The maximum Gasteiger partial charge on any atom is 0.263 e. The fourth-order valence-electron chi connectivity index (χ4n) is 3.35. The van der Waals surface area contributed by atoms with E-state index in [9.17, 15) is 10.1 Å². The molecule has 0 aliphatic rings. The molecule has 0 saturated carbocycles. The second-order valence-electron chi connectivity index (χ2n) is 6.95. The second kappa shape index (κ2) is 8.42. The summed E-state index contributed by atoms with van der Waals surface area (Å²) in [4.78, 5) is 26.1. The summed E-state index contributed by atoms with van der Waals surface area (Å²) in [5.41, 5.74) is 7.11. The highest BCUT2D eigenvalue weighted by molar-refractivity contribution is 6.35. The SMILES string of the molecule is CC(Nc1nc(N)ncc1C#N)c1nc2cccc(Cl)c2c(=O)n1Cc1ccccc1. The standard InChI is InChI=1S/C22H18ClN7O/c1-13(27-19-15(10-24)11-26-22(25)29-19)20-28-17-9-5-8-16(23)18(17)21(31)30(20)12-14-6-3-2-4-7-14/h2-9,11,13H,12H2,1H3,(H3,25,26,27,29). The topological polar surface area (TPSA) is 123 Å². The van der Waals surface area contributed by atoms with Crippen LogP contribution in [0, 0.1) is 11.3 Å². The van der Waals surface area contributed by atoms with Crippen molar-refractivity contribution in [2.75, 3.05) is 11.1 Å². The number of halogens is 1. The van der Waals surface area contributed by atoms with Crippen molar-refractivity contribution in [3.63, 3.8) is 0 Å². The van der Waals surface area contributed by atoms with Gasteiger partial charge in [0, 0.05) is 0 Å². The van der Waals surface area contributed by atoms with E-state index in [-0.39, 0.29) is 22.9 Å². The predicted octanol–water partition coefficient (Wildman–Crippen LogP) is 3.52. The second-order valence-corrected chi connectivity index (χ2v) is 7.36. The highest BCUT2D eigenvalue weighted by atomic mass is 35.5. The van der Waals surface area contributed by atoms with Gasteiger partial charge in [-0.25, -0.2) is 9.97 Å². The first-order chi connectivity index (χ1) is 15.0. The van der Waals surface area contributed by atoms with Crippen LogP contribution in [-0.2, 0) is 6.54 Å². The van der Waals surface area contributed by atoms with Crippen molar-refractivity contribution >= 4 is 34.3 Å².